The Labute approximate surface area is 108 Å². The largest absolute Gasteiger partial charge is 0.487 e. The van der Waals surface area contributed by atoms with Crippen LogP contribution in [-0.2, 0) is 0 Å². The van der Waals surface area contributed by atoms with Crippen molar-refractivity contribution in [3.63, 3.8) is 0 Å². The van der Waals surface area contributed by atoms with Crippen LogP contribution in [0.1, 0.15) is 19.4 Å². The van der Waals surface area contributed by atoms with Crippen LogP contribution in [0.4, 0.5) is 0 Å². The Balaban J connectivity index is 2.26. The number of hydrogen-bond acceptors (Lipinski definition) is 2. The quantitative estimate of drug-likeness (QED) is 0.781. The van der Waals surface area contributed by atoms with E-state index in [4.69, 9.17) is 9.47 Å². The second kappa shape index (κ2) is 5.58. The molecule has 0 saturated carbocycles. The van der Waals surface area contributed by atoms with Gasteiger partial charge in [0, 0.05) is 0 Å². The van der Waals surface area contributed by atoms with Gasteiger partial charge in [-0.2, -0.15) is 0 Å². The minimum Gasteiger partial charge on any atom is -0.487 e. The maximum absolute atomic E-state index is 5.92. The van der Waals surface area contributed by atoms with E-state index in [1.54, 1.807) is 0 Å². The lowest BCUT2D eigenvalue weighted by molar-refractivity contribution is 0.233. The van der Waals surface area contributed by atoms with Gasteiger partial charge in [-0.1, -0.05) is 30.3 Å². The standard InChI is InChI=1S/C16H18O2/c1-12(2)17-15-10-6-7-11-16(15)18-14-9-5-4-8-13(14)3/h4-12H,1-3H3. The number of hydrogen-bond donors (Lipinski definition) is 0. The first-order valence-electron chi connectivity index (χ1n) is 6.16. The van der Waals surface area contributed by atoms with E-state index in [0.717, 1.165) is 22.8 Å². The van der Waals surface area contributed by atoms with E-state index in [9.17, 15) is 0 Å². The summed E-state index contributed by atoms with van der Waals surface area (Å²) in [5.41, 5.74) is 1.11. The molecule has 18 heavy (non-hydrogen) atoms. The molecule has 0 aliphatic heterocycles. The summed E-state index contributed by atoms with van der Waals surface area (Å²) in [6.45, 7) is 6.04. The van der Waals surface area contributed by atoms with Gasteiger partial charge >= 0.3 is 0 Å². The number of rotatable bonds is 4. The van der Waals surface area contributed by atoms with Crippen molar-refractivity contribution in [2.45, 2.75) is 26.9 Å². The van der Waals surface area contributed by atoms with Crippen LogP contribution < -0.4 is 9.47 Å². The van der Waals surface area contributed by atoms with Crippen LogP contribution >= 0.6 is 0 Å². The summed E-state index contributed by atoms with van der Waals surface area (Å²) in [6, 6.07) is 15.7. The summed E-state index contributed by atoms with van der Waals surface area (Å²) in [5.74, 6) is 2.38. The Kier molecular flexibility index (Phi) is 3.88. The average Bonchev–Trinajstić information content (AvgIpc) is 2.34. The molecule has 0 radical (unpaired) electrons. The third kappa shape index (κ3) is 3.04. The average molecular weight is 242 g/mol. The van der Waals surface area contributed by atoms with Gasteiger partial charge in [0.15, 0.2) is 11.5 Å². The molecular weight excluding hydrogens is 224 g/mol. The van der Waals surface area contributed by atoms with E-state index in [-0.39, 0.29) is 6.10 Å². The lowest BCUT2D eigenvalue weighted by atomic mass is 10.2. The van der Waals surface area contributed by atoms with Gasteiger partial charge in [-0.3, -0.25) is 0 Å². The molecule has 2 rings (SSSR count). The van der Waals surface area contributed by atoms with E-state index < -0.39 is 0 Å². The van der Waals surface area contributed by atoms with Gasteiger partial charge < -0.3 is 9.47 Å². The summed E-state index contributed by atoms with van der Waals surface area (Å²) < 4.78 is 11.6. The molecule has 0 bridgehead atoms. The molecule has 0 aliphatic rings. The van der Waals surface area contributed by atoms with Crippen molar-refractivity contribution < 1.29 is 9.47 Å². The lowest BCUT2D eigenvalue weighted by Crippen LogP contribution is -2.06. The first-order chi connectivity index (χ1) is 8.66. The predicted molar refractivity (Wildman–Crippen MR) is 73.5 cm³/mol. The van der Waals surface area contributed by atoms with Gasteiger partial charge in [-0.05, 0) is 44.5 Å². The predicted octanol–water partition coefficient (Wildman–Crippen LogP) is 4.57. The molecule has 0 unspecified atom stereocenters. The Morgan fingerprint density at radius 3 is 1.94 bits per heavy atom. The van der Waals surface area contributed by atoms with Crippen molar-refractivity contribution in [2.75, 3.05) is 0 Å². The highest BCUT2D eigenvalue weighted by molar-refractivity contribution is 5.44. The van der Waals surface area contributed by atoms with Crippen molar-refractivity contribution in [3.05, 3.63) is 54.1 Å². The molecule has 0 fully saturated rings. The van der Waals surface area contributed by atoms with Crippen molar-refractivity contribution in [1.82, 2.24) is 0 Å². The van der Waals surface area contributed by atoms with Crippen molar-refractivity contribution >= 4 is 0 Å². The molecule has 2 heteroatoms. The Hall–Kier alpha value is -1.96. The highest BCUT2D eigenvalue weighted by atomic mass is 16.5. The maximum atomic E-state index is 5.92. The first kappa shape index (κ1) is 12.5. The number of ether oxygens (including phenoxy) is 2. The zero-order chi connectivity index (χ0) is 13.0. The molecule has 0 aliphatic carbocycles. The second-order valence-electron chi connectivity index (χ2n) is 4.48. The van der Waals surface area contributed by atoms with Crippen molar-refractivity contribution in [1.29, 1.82) is 0 Å². The van der Waals surface area contributed by atoms with Crippen LogP contribution in [0.5, 0.6) is 17.2 Å². The molecule has 0 aromatic heterocycles. The summed E-state index contributed by atoms with van der Waals surface area (Å²) in [5, 5.41) is 0. The van der Waals surface area contributed by atoms with Gasteiger partial charge in [0.25, 0.3) is 0 Å². The Morgan fingerprint density at radius 2 is 1.33 bits per heavy atom. The van der Waals surface area contributed by atoms with Gasteiger partial charge in [-0.25, -0.2) is 0 Å². The fraction of sp³-hybridized carbons (Fsp3) is 0.250. The van der Waals surface area contributed by atoms with Crippen molar-refractivity contribution in [2.24, 2.45) is 0 Å². The Morgan fingerprint density at radius 1 is 0.778 bits per heavy atom. The lowest BCUT2D eigenvalue weighted by Gasteiger charge is -2.15. The van der Waals surface area contributed by atoms with Crippen LogP contribution in [0.15, 0.2) is 48.5 Å². The van der Waals surface area contributed by atoms with E-state index in [1.165, 1.54) is 0 Å². The highest BCUT2D eigenvalue weighted by Crippen LogP contribution is 2.33. The van der Waals surface area contributed by atoms with E-state index >= 15 is 0 Å². The molecule has 0 spiro atoms. The molecule has 0 N–H and O–H groups in total. The monoisotopic (exact) mass is 242 g/mol. The summed E-state index contributed by atoms with van der Waals surface area (Å²) in [7, 11) is 0. The zero-order valence-corrected chi connectivity index (χ0v) is 11.0. The summed E-state index contributed by atoms with van der Waals surface area (Å²) >= 11 is 0. The third-order valence-corrected chi connectivity index (χ3v) is 2.53. The zero-order valence-electron chi connectivity index (χ0n) is 11.0. The number of para-hydroxylation sites is 3. The minimum atomic E-state index is 0.131. The molecule has 0 heterocycles. The topological polar surface area (TPSA) is 18.5 Å². The van der Waals surface area contributed by atoms with Crippen LogP contribution in [0, 0.1) is 6.92 Å². The fourth-order valence-corrected chi connectivity index (χ4v) is 1.68. The normalized spacial score (nSPS) is 10.4. The molecule has 2 aromatic rings. The van der Waals surface area contributed by atoms with Gasteiger partial charge in [-0.15, -0.1) is 0 Å². The SMILES string of the molecule is Cc1ccccc1Oc1ccccc1OC(C)C. The third-order valence-electron chi connectivity index (χ3n) is 2.53. The van der Waals surface area contributed by atoms with Crippen LogP contribution in [-0.4, -0.2) is 6.10 Å². The van der Waals surface area contributed by atoms with Crippen LogP contribution in [0.3, 0.4) is 0 Å². The smallest absolute Gasteiger partial charge is 0.169 e. The van der Waals surface area contributed by atoms with E-state index in [0.29, 0.717) is 0 Å². The van der Waals surface area contributed by atoms with E-state index in [2.05, 4.69) is 0 Å². The molecule has 0 saturated heterocycles. The molecule has 0 atom stereocenters. The van der Waals surface area contributed by atoms with E-state index in [1.807, 2.05) is 69.3 Å². The van der Waals surface area contributed by atoms with Gasteiger partial charge in [0.05, 0.1) is 6.10 Å². The molecule has 2 nitrogen and oxygen atoms in total. The molecule has 2 aromatic carbocycles. The molecular formula is C16H18O2. The molecule has 94 valence electrons. The minimum absolute atomic E-state index is 0.131. The van der Waals surface area contributed by atoms with Gasteiger partial charge in [0.2, 0.25) is 0 Å². The number of aryl methyl sites for hydroxylation is 1. The first-order valence-corrected chi connectivity index (χ1v) is 6.16. The molecule has 0 amide bonds. The second-order valence-corrected chi connectivity index (χ2v) is 4.48. The van der Waals surface area contributed by atoms with Gasteiger partial charge in [0.1, 0.15) is 5.75 Å². The number of benzene rings is 2. The summed E-state index contributed by atoms with van der Waals surface area (Å²) in [6.07, 6.45) is 0.131. The fourth-order valence-electron chi connectivity index (χ4n) is 1.68. The Bertz CT molecular complexity index is 518. The van der Waals surface area contributed by atoms with Crippen molar-refractivity contribution in [3.8, 4) is 17.2 Å². The van der Waals surface area contributed by atoms with Crippen LogP contribution in [0.2, 0.25) is 0 Å². The summed E-state index contributed by atoms with van der Waals surface area (Å²) in [4.78, 5) is 0. The van der Waals surface area contributed by atoms with Crippen LogP contribution in [0.25, 0.3) is 0 Å². The highest BCUT2D eigenvalue weighted by Gasteiger charge is 2.08. The maximum Gasteiger partial charge on any atom is 0.169 e.